The van der Waals surface area contributed by atoms with Gasteiger partial charge in [-0.3, -0.25) is 4.79 Å². The van der Waals surface area contributed by atoms with Crippen LogP contribution in [-0.2, 0) is 11.5 Å². The quantitative estimate of drug-likeness (QED) is 0.355. The first-order valence-electron chi connectivity index (χ1n) is 10.1. The van der Waals surface area contributed by atoms with E-state index in [-0.39, 0.29) is 30.4 Å². The van der Waals surface area contributed by atoms with E-state index in [0.717, 1.165) is 4.47 Å². The van der Waals surface area contributed by atoms with Crippen molar-refractivity contribution in [2.45, 2.75) is 13.7 Å². The number of hydrogen-bond acceptors (Lipinski definition) is 6. The van der Waals surface area contributed by atoms with Crippen molar-refractivity contribution < 1.29 is 19.1 Å². The first-order chi connectivity index (χ1) is 16.0. The number of carbonyl (C=O) groups is 2. The van der Waals surface area contributed by atoms with Crippen LogP contribution in [0.1, 0.15) is 27.8 Å². The molecule has 1 N–H and O–H groups in total. The SMILES string of the molecule is CCOC(=O)c1cnn(-c2ccccc2)c1NC(=O)c1ccn(COc2ccc(Br)cc2)n1. The molecule has 0 atom stereocenters. The van der Waals surface area contributed by atoms with Crippen molar-refractivity contribution in [1.29, 1.82) is 0 Å². The third-order valence-electron chi connectivity index (χ3n) is 4.55. The van der Waals surface area contributed by atoms with Crippen molar-refractivity contribution in [3.8, 4) is 11.4 Å². The fourth-order valence-corrected chi connectivity index (χ4v) is 3.25. The molecule has 0 aliphatic rings. The first-order valence-corrected chi connectivity index (χ1v) is 10.9. The minimum absolute atomic E-state index is 0.130. The molecule has 33 heavy (non-hydrogen) atoms. The Balaban J connectivity index is 1.52. The number of hydrogen-bond donors (Lipinski definition) is 1. The number of rotatable bonds is 8. The van der Waals surface area contributed by atoms with Crippen LogP contribution in [0.2, 0.25) is 0 Å². The Morgan fingerprint density at radius 2 is 1.82 bits per heavy atom. The van der Waals surface area contributed by atoms with Crippen molar-refractivity contribution >= 4 is 33.6 Å². The molecule has 0 fully saturated rings. The van der Waals surface area contributed by atoms with Crippen molar-refractivity contribution in [1.82, 2.24) is 19.6 Å². The molecule has 0 saturated carbocycles. The summed E-state index contributed by atoms with van der Waals surface area (Å²) in [5, 5.41) is 11.3. The maximum Gasteiger partial charge on any atom is 0.343 e. The number of esters is 1. The van der Waals surface area contributed by atoms with Gasteiger partial charge in [0.2, 0.25) is 0 Å². The summed E-state index contributed by atoms with van der Waals surface area (Å²) in [6.45, 7) is 2.04. The van der Waals surface area contributed by atoms with E-state index in [2.05, 4.69) is 31.4 Å². The number of nitrogens with zero attached hydrogens (tertiary/aromatic N) is 4. The normalized spacial score (nSPS) is 10.6. The Morgan fingerprint density at radius 1 is 1.06 bits per heavy atom. The van der Waals surface area contributed by atoms with Gasteiger partial charge in [0.15, 0.2) is 18.2 Å². The minimum atomic E-state index is -0.580. The van der Waals surface area contributed by atoms with Crippen molar-refractivity contribution in [3.63, 3.8) is 0 Å². The number of nitrogens with one attached hydrogen (secondary N) is 1. The summed E-state index contributed by atoms with van der Waals surface area (Å²) in [5.41, 5.74) is 0.980. The summed E-state index contributed by atoms with van der Waals surface area (Å²) in [6, 6.07) is 18.1. The highest BCUT2D eigenvalue weighted by molar-refractivity contribution is 9.10. The molecule has 0 aliphatic carbocycles. The molecule has 0 saturated heterocycles. The highest BCUT2D eigenvalue weighted by atomic mass is 79.9. The monoisotopic (exact) mass is 509 g/mol. The average Bonchev–Trinajstić information content (AvgIpc) is 3.47. The van der Waals surface area contributed by atoms with Gasteiger partial charge in [-0.1, -0.05) is 34.1 Å². The zero-order chi connectivity index (χ0) is 23.2. The van der Waals surface area contributed by atoms with Crippen LogP contribution < -0.4 is 10.1 Å². The first kappa shape index (κ1) is 22.3. The standard InChI is InChI=1S/C23H20BrN5O4/c1-2-32-23(31)19-14-25-29(17-6-4-3-5-7-17)21(19)26-22(30)20-12-13-28(27-20)15-33-18-10-8-16(24)9-11-18/h3-14H,2,15H2,1H3,(H,26,30). The molecule has 0 bridgehead atoms. The predicted octanol–water partition coefficient (Wildman–Crippen LogP) is 4.30. The number of amides is 1. The fourth-order valence-electron chi connectivity index (χ4n) is 2.99. The van der Waals surface area contributed by atoms with Gasteiger partial charge in [0.25, 0.3) is 5.91 Å². The maximum absolute atomic E-state index is 12.9. The van der Waals surface area contributed by atoms with E-state index in [9.17, 15) is 9.59 Å². The maximum atomic E-state index is 12.9. The Labute approximate surface area is 198 Å². The van der Waals surface area contributed by atoms with Gasteiger partial charge in [0.05, 0.1) is 18.5 Å². The smallest absolute Gasteiger partial charge is 0.343 e. The lowest BCUT2D eigenvalue weighted by Gasteiger charge is -2.10. The van der Waals surface area contributed by atoms with Gasteiger partial charge < -0.3 is 14.8 Å². The summed E-state index contributed by atoms with van der Waals surface area (Å²) in [4.78, 5) is 25.3. The molecule has 1 amide bonds. The van der Waals surface area contributed by atoms with Gasteiger partial charge in [-0.05, 0) is 49.4 Å². The highest BCUT2D eigenvalue weighted by Crippen LogP contribution is 2.22. The fraction of sp³-hybridized carbons (Fsp3) is 0.130. The van der Waals surface area contributed by atoms with E-state index in [1.165, 1.54) is 15.6 Å². The van der Waals surface area contributed by atoms with E-state index in [1.807, 2.05) is 54.6 Å². The molecule has 2 heterocycles. The second kappa shape index (κ2) is 10.1. The Kier molecular flexibility index (Phi) is 6.84. The van der Waals surface area contributed by atoms with Crippen LogP contribution in [-0.4, -0.2) is 38.0 Å². The zero-order valence-corrected chi connectivity index (χ0v) is 19.2. The zero-order valence-electron chi connectivity index (χ0n) is 17.6. The van der Waals surface area contributed by atoms with Crippen LogP contribution >= 0.6 is 15.9 Å². The topological polar surface area (TPSA) is 100 Å². The number of benzene rings is 2. The Bertz CT molecular complexity index is 1250. The molecule has 4 aromatic rings. The number of ether oxygens (including phenoxy) is 2. The second-order valence-corrected chi connectivity index (χ2v) is 7.71. The molecular weight excluding hydrogens is 490 g/mol. The number of para-hydroxylation sites is 1. The summed E-state index contributed by atoms with van der Waals surface area (Å²) in [7, 11) is 0. The molecule has 168 valence electrons. The third-order valence-corrected chi connectivity index (χ3v) is 5.08. The van der Waals surface area contributed by atoms with Crippen molar-refractivity contribution in [2.75, 3.05) is 11.9 Å². The largest absolute Gasteiger partial charge is 0.471 e. The summed E-state index contributed by atoms with van der Waals surface area (Å²) >= 11 is 3.37. The lowest BCUT2D eigenvalue weighted by atomic mass is 10.3. The van der Waals surface area contributed by atoms with Crippen LogP contribution in [0.25, 0.3) is 5.69 Å². The molecular formula is C23H20BrN5O4. The van der Waals surface area contributed by atoms with E-state index < -0.39 is 11.9 Å². The van der Waals surface area contributed by atoms with Crippen LogP contribution in [0.3, 0.4) is 0 Å². The van der Waals surface area contributed by atoms with Crippen LogP contribution in [0.4, 0.5) is 5.82 Å². The lowest BCUT2D eigenvalue weighted by molar-refractivity contribution is 0.0527. The van der Waals surface area contributed by atoms with Crippen LogP contribution in [0.15, 0.2) is 77.5 Å². The van der Waals surface area contributed by atoms with E-state index >= 15 is 0 Å². The molecule has 0 unspecified atom stereocenters. The molecule has 0 radical (unpaired) electrons. The lowest BCUT2D eigenvalue weighted by Crippen LogP contribution is -2.19. The predicted molar refractivity (Wildman–Crippen MR) is 124 cm³/mol. The van der Waals surface area contributed by atoms with E-state index in [1.54, 1.807) is 19.2 Å². The van der Waals surface area contributed by atoms with Gasteiger partial charge in [-0.15, -0.1) is 0 Å². The van der Waals surface area contributed by atoms with E-state index in [4.69, 9.17) is 9.47 Å². The summed E-state index contributed by atoms with van der Waals surface area (Å²) in [6.07, 6.45) is 3.00. The highest BCUT2D eigenvalue weighted by Gasteiger charge is 2.22. The van der Waals surface area contributed by atoms with Gasteiger partial charge in [0.1, 0.15) is 11.3 Å². The number of aromatic nitrogens is 4. The molecule has 0 aliphatic heterocycles. The van der Waals surface area contributed by atoms with Crippen molar-refractivity contribution in [2.24, 2.45) is 0 Å². The summed E-state index contributed by atoms with van der Waals surface area (Å²) < 4.78 is 14.7. The third kappa shape index (κ3) is 5.29. The average molecular weight is 510 g/mol. The molecule has 10 heteroatoms. The van der Waals surface area contributed by atoms with Crippen molar-refractivity contribution in [3.05, 3.63) is 88.8 Å². The van der Waals surface area contributed by atoms with Gasteiger partial charge >= 0.3 is 5.97 Å². The molecule has 9 nitrogen and oxygen atoms in total. The van der Waals surface area contributed by atoms with Crippen LogP contribution in [0, 0.1) is 0 Å². The Hall–Kier alpha value is -3.92. The minimum Gasteiger partial charge on any atom is -0.471 e. The summed E-state index contributed by atoms with van der Waals surface area (Å²) in [5.74, 6) is -0.208. The molecule has 4 rings (SSSR count). The molecule has 2 aromatic heterocycles. The number of anilines is 1. The van der Waals surface area contributed by atoms with Crippen LogP contribution in [0.5, 0.6) is 5.75 Å². The second-order valence-electron chi connectivity index (χ2n) is 6.80. The number of carbonyl (C=O) groups excluding carboxylic acids is 2. The van der Waals surface area contributed by atoms with Gasteiger partial charge in [-0.2, -0.15) is 10.2 Å². The molecule has 2 aromatic carbocycles. The van der Waals surface area contributed by atoms with Gasteiger partial charge in [0, 0.05) is 10.7 Å². The number of halogens is 1. The van der Waals surface area contributed by atoms with E-state index in [0.29, 0.717) is 11.4 Å². The Morgan fingerprint density at radius 3 is 2.55 bits per heavy atom. The molecule has 0 spiro atoms. The van der Waals surface area contributed by atoms with Gasteiger partial charge in [-0.25, -0.2) is 14.2 Å².